The lowest BCUT2D eigenvalue weighted by Crippen LogP contribution is -2.24. The number of carbonyl (C=O) groups is 1. The Morgan fingerprint density at radius 2 is 2.04 bits per heavy atom. The summed E-state index contributed by atoms with van der Waals surface area (Å²) in [6, 6.07) is 14.0. The molecule has 128 valence electrons. The zero-order chi connectivity index (χ0) is 18.1. The summed E-state index contributed by atoms with van der Waals surface area (Å²) in [7, 11) is 0. The molecule has 0 spiro atoms. The van der Waals surface area contributed by atoms with Crippen LogP contribution in [-0.2, 0) is 4.79 Å². The smallest absolute Gasteiger partial charge is 0.277 e. The van der Waals surface area contributed by atoms with Gasteiger partial charge in [-0.1, -0.05) is 11.6 Å². The Kier molecular flexibility index (Phi) is 6.81. The average Bonchev–Trinajstić information content (AvgIpc) is 2.60. The molecular weight excluding hydrogens is 342 g/mol. The van der Waals surface area contributed by atoms with Gasteiger partial charge in [-0.3, -0.25) is 4.79 Å². The predicted molar refractivity (Wildman–Crippen MR) is 95.0 cm³/mol. The zero-order valence-electron chi connectivity index (χ0n) is 13.5. The molecule has 7 heteroatoms. The van der Waals surface area contributed by atoms with Gasteiger partial charge in [0.15, 0.2) is 13.2 Å². The lowest BCUT2D eigenvalue weighted by atomic mass is 10.2. The number of amides is 1. The third kappa shape index (κ3) is 6.16. The molecule has 1 N–H and O–H groups in total. The topological polar surface area (TPSA) is 83.7 Å². The number of rotatable bonds is 7. The molecular formula is C18H16ClN3O3. The van der Waals surface area contributed by atoms with Crippen molar-refractivity contribution >= 4 is 23.7 Å². The van der Waals surface area contributed by atoms with E-state index in [-0.39, 0.29) is 19.1 Å². The molecule has 2 aromatic rings. The van der Waals surface area contributed by atoms with Gasteiger partial charge >= 0.3 is 0 Å². The van der Waals surface area contributed by atoms with E-state index in [1.165, 1.54) is 6.21 Å². The highest BCUT2D eigenvalue weighted by atomic mass is 35.5. The number of ether oxygens (including phenoxy) is 2. The van der Waals surface area contributed by atoms with E-state index in [2.05, 4.69) is 10.5 Å². The van der Waals surface area contributed by atoms with Crippen molar-refractivity contribution in [3.63, 3.8) is 0 Å². The second kappa shape index (κ2) is 9.30. The van der Waals surface area contributed by atoms with Crippen LogP contribution in [0.1, 0.15) is 11.1 Å². The van der Waals surface area contributed by atoms with Gasteiger partial charge in [-0.05, 0) is 60.5 Å². The maximum Gasteiger partial charge on any atom is 0.277 e. The van der Waals surface area contributed by atoms with Crippen LogP contribution in [0.25, 0.3) is 0 Å². The van der Waals surface area contributed by atoms with Gasteiger partial charge in [0.1, 0.15) is 17.6 Å². The first-order valence-corrected chi connectivity index (χ1v) is 7.77. The quantitative estimate of drug-likeness (QED) is 0.609. The first-order chi connectivity index (χ1) is 12.1. The zero-order valence-corrected chi connectivity index (χ0v) is 14.3. The van der Waals surface area contributed by atoms with Gasteiger partial charge in [-0.2, -0.15) is 10.4 Å². The number of benzene rings is 2. The summed E-state index contributed by atoms with van der Waals surface area (Å²) in [5, 5.41) is 12.9. The minimum atomic E-state index is -0.375. The summed E-state index contributed by atoms with van der Waals surface area (Å²) in [6.45, 7) is 1.69. The second-order valence-electron chi connectivity index (χ2n) is 5.01. The molecule has 1 amide bonds. The van der Waals surface area contributed by atoms with Crippen molar-refractivity contribution in [3.05, 3.63) is 58.6 Å². The van der Waals surface area contributed by atoms with E-state index in [9.17, 15) is 4.79 Å². The van der Waals surface area contributed by atoms with E-state index in [1.807, 2.05) is 13.0 Å². The Hall–Kier alpha value is -3.04. The summed E-state index contributed by atoms with van der Waals surface area (Å²) in [5.41, 5.74) is 4.01. The van der Waals surface area contributed by atoms with E-state index in [1.54, 1.807) is 42.5 Å². The Morgan fingerprint density at radius 1 is 1.28 bits per heavy atom. The molecule has 2 rings (SSSR count). The minimum absolute atomic E-state index is 0.00339. The largest absolute Gasteiger partial charge is 0.483 e. The van der Waals surface area contributed by atoms with Crippen LogP contribution in [0.2, 0.25) is 5.02 Å². The number of aryl methyl sites for hydroxylation is 1. The first-order valence-electron chi connectivity index (χ1n) is 7.39. The standard InChI is InChI=1S/C18H16ClN3O3/c1-13-10-15(19)4-7-17(13)25-12-18(23)22-21-11-14-2-5-16(6-3-14)24-9-8-20/h2-7,10-11H,9,12H2,1H3,(H,22,23)/b21-11-. The lowest BCUT2D eigenvalue weighted by molar-refractivity contribution is -0.123. The van der Waals surface area contributed by atoms with Gasteiger partial charge < -0.3 is 9.47 Å². The highest BCUT2D eigenvalue weighted by Gasteiger charge is 2.04. The van der Waals surface area contributed by atoms with Crippen LogP contribution in [-0.4, -0.2) is 25.3 Å². The van der Waals surface area contributed by atoms with Crippen LogP contribution in [0.4, 0.5) is 0 Å². The SMILES string of the molecule is Cc1cc(Cl)ccc1OCC(=O)N/N=C\c1ccc(OCC#N)cc1. The van der Waals surface area contributed by atoms with Gasteiger partial charge in [-0.15, -0.1) is 0 Å². The second-order valence-corrected chi connectivity index (χ2v) is 5.44. The van der Waals surface area contributed by atoms with Gasteiger partial charge in [0.2, 0.25) is 0 Å². The highest BCUT2D eigenvalue weighted by molar-refractivity contribution is 6.30. The number of halogens is 1. The molecule has 0 saturated heterocycles. The van der Waals surface area contributed by atoms with Crippen molar-refractivity contribution < 1.29 is 14.3 Å². The third-order valence-electron chi connectivity index (χ3n) is 3.08. The van der Waals surface area contributed by atoms with Crippen LogP contribution in [0, 0.1) is 18.3 Å². The number of nitriles is 1. The van der Waals surface area contributed by atoms with Gasteiger partial charge in [0.05, 0.1) is 6.21 Å². The number of hydrazone groups is 1. The lowest BCUT2D eigenvalue weighted by Gasteiger charge is -2.08. The van der Waals surface area contributed by atoms with E-state index in [0.717, 1.165) is 11.1 Å². The Balaban J connectivity index is 1.79. The third-order valence-corrected chi connectivity index (χ3v) is 3.32. The Bertz CT molecular complexity index is 798. The molecule has 0 atom stereocenters. The van der Waals surface area contributed by atoms with Crippen LogP contribution in [0.3, 0.4) is 0 Å². The van der Waals surface area contributed by atoms with Crippen LogP contribution in [0.5, 0.6) is 11.5 Å². The molecule has 0 aliphatic rings. The fraction of sp³-hybridized carbons (Fsp3) is 0.167. The molecule has 0 radical (unpaired) electrons. The molecule has 25 heavy (non-hydrogen) atoms. The fourth-order valence-corrected chi connectivity index (χ4v) is 2.12. The summed E-state index contributed by atoms with van der Waals surface area (Å²) < 4.78 is 10.6. The number of nitrogens with one attached hydrogen (secondary N) is 1. The summed E-state index contributed by atoms with van der Waals surface area (Å²) in [5.74, 6) is 0.811. The van der Waals surface area contributed by atoms with Crippen LogP contribution < -0.4 is 14.9 Å². The van der Waals surface area contributed by atoms with Gasteiger partial charge in [0.25, 0.3) is 5.91 Å². The summed E-state index contributed by atoms with van der Waals surface area (Å²) >= 11 is 5.87. The minimum Gasteiger partial charge on any atom is -0.483 e. The van der Waals surface area contributed by atoms with E-state index >= 15 is 0 Å². The predicted octanol–water partition coefficient (Wildman–Crippen LogP) is 3.08. The average molecular weight is 358 g/mol. The Morgan fingerprint density at radius 3 is 2.72 bits per heavy atom. The molecule has 0 saturated carbocycles. The molecule has 0 aliphatic heterocycles. The number of hydrogen-bond acceptors (Lipinski definition) is 5. The molecule has 0 aliphatic carbocycles. The van der Waals surface area contributed by atoms with Crippen molar-refractivity contribution in [1.82, 2.24) is 5.43 Å². The first kappa shape index (κ1) is 18.3. The maximum absolute atomic E-state index is 11.7. The number of carbonyl (C=O) groups excluding carboxylic acids is 1. The molecule has 2 aromatic carbocycles. The monoisotopic (exact) mass is 357 g/mol. The van der Waals surface area contributed by atoms with Gasteiger partial charge in [0, 0.05) is 5.02 Å². The summed E-state index contributed by atoms with van der Waals surface area (Å²) in [6.07, 6.45) is 1.50. The molecule has 6 nitrogen and oxygen atoms in total. The van der Waals surface area contributed by atoms with E-state index in [0.29, 0.717) is 16.5 Å². The van der Waals surface area contributed by atoms with Gasteiger partial charge in [-0.25, -0.2) is 5.43 Å². The number of hydrogen-bond donors (Lipinski definition) is 1. The summed E-state index contributed by atoms with van der Waals surface area (Å²) in [4.78, 5) is 11.7. The normalized spacial score (nSPS) is 10.3. The van der Waals surface area contributed by atoms with Crippen LogP contribution in [0.15, 0.2) is 47.6 Å². The van der Waals surface area contributed by atoms with Crippen molar-refractivity contribution in [1.29, 1.82) is 5.26 Å². The van der Waals surface area contributed by atoms with Crippen molar-refractivity contribution in [2.75, 3.05) is 13.2 Å². The Labute approximate surface area is 150 Å². The molecule has 0 aromatic heterocycles. The van der Waals surface area contributed by atoms with Crippen molar-refractivity contribution in [2.45, 2.75) is 6.92 Å². The highest BCUT2D eigenvalue weighted by Crippen LogP contribution is 2.21. The molecule has 0 fully saturated rings. The van der Waals surface area contributed by atoms with Crippen molar-refractivity contribution in [2.24, 2.45) is 5.10 Å². The van der Waals surface area contributed by atoms with Crippen molar-refractivity contribution in [3.8, 4) is 17.6 Å². The fourth-order valence-electron chi connectivity index (χ4n) is 1.89. The van der Waals surface area contributed by atoms with E-state index < -0.39 is 0 Å². The number of nitrogens with zero attached hydrogens (tertiary/aromatic N) is 2. The van der Waals surface area contributed by atoms with E-state index in [4.69, 9.17) is 26.3 Å². The molecule has 0 bridgehead atoms. The van der Waals surface area contributed by atoms with Crippen LogP contribution >= 0.6 is 11.6 Å². The maximum atomic E-state index is 11.7. The molecule has 0 unspecified atom stereocenters. The molecule has 0 heterocycles.